The van der Waals surface area contributed by atoms with Crippen LogP contribution in [-0.4, -0.2) is 87.4 Å². The Hall–Kier alpha value is -4.57. The maximum absolute atomic E-state index is 12.9. The molecule has 0 aromatic rings. The molecule has 81 heavy (non-hydrogen) atoms. The highest BCUT2D eigenvalue weighted by atomic mass is 16.7. The number of aliphatic carboxylic acids is 1. The molecule has 2 atom stereocenters. The highest BCUT2D eigenvalue weighted by Gasteiger charge is 2.25. The van der Waals surface area contributed by atoms with Gasteiger partial charge in [0.25, 0.3) is 6.29 Å². The number of quaternary nitrogens is 1. The first-order valence-electron chi connectivity index (χ1n) is 32.3. The van der Waals surface area contributed by atoms with Crippen molar-refractivity contribution in [3.05, 3.63) is 134 Å². The molecule has 0 aliphatic heterocycles. The van der Waals surface area contributed by atoms with Crippen LogP contribution in [0.25, 0.3) is 0 Å². The van der Waals surface area contributed by atoms with Gasteiger partial charge < -0.3 is 28.5 Å². The normalized spacial score (nSPS) is 13.6. The van der Waals surface area contributed by atoms with E-state index in [2.05, 4.69) is 148 Å². The van der Waals surface area contributed by atoms with Crippen LogP contribution in [0.15, 0.2) is 134 Å². The van der Waals surface area contributed by atoms with Gasteiger partial charge in [-0.05, 0) is 116 Å². The maximum Gasteiger partial charge on any atom is 0.361 e. The van der Waals surface area contributed by atoms with Crippen molar-refractivity contribution >= 4 is 17.9 Å². The summed E-state index contributed by atoms with van der Waals surface area (Å²) in [5.74, 6) is -2.04. The molecule has 0 aromatic heterocycles. The molecule has 0 rings (SSSR count). The molecule has 0 aliphatic carbocycles. The lowest BCUT2D eigenvalue weighted by Gasteiger charge is -2.25. The van der Waals surface area contributed by atoms with Crippen LogP contribution in [0.2, 0.25) is 0 Å². The van der Waals surface area contributed by atoms with Crippen LogP contribution in [0.5, 0.6) is 0 Å². The van der Waals surface area contributed by atoms with Crippen LogP contribution in [0.1, 0.15) is 245 Å². The molecule has 0 fully saturated rings. The van der Waals surface area contributed by atoms with Gasteiger partial charge in [-0.3, -0.25) is 9.59 Å². The number of hydrogen-bond acceptors (Lipinski definition) is 7. The van der Waals surface area contributed by atoms with Gasteiger partial charge in [0.15, 0.2) is 6.10 Å². The van der Waals surface area contributed by atoms with Crippen LogP contribution in [0.3, 0.4) is 0 Å². The van der Waals surface area contributed by atoms with Crippen molar-refractivity contribution in [2.24, 2.45) is 0 Å². The molecule has 0 aliphatic rings. The topological polar surface area (TPSA) is 108 Å². The predicted molar refractivity (Wildman–Crippen MR) is 345 cm³/mol. The quantitative estimate of drug-likeness (QED) is 0.0211. The van der Waals surface area contributed by atoms with Gasteiger partial charge in [-0.25, -0.2) is 4.79 Å². The van der Waals surface area contributed by atoms with Crippen molar-refractivity contribution in [3.63, 3.8) is 0 Å². The summed E-state index contributed by atoms with van der Waals surface area (Å²) in [5, 5.41) is 9.73. The van der Waals surface area contributed by atoms with E-state index in [-0.39, 0.29) is 38.6 Å². The molecule has 0 heterocycles. The molecule has 0 aromatic carbocycles. The Kier molecular flexibility index (Phi) is 58.0. The number of ether oxygens (including phenoxy) is 4. The van der Waals surface area contributed by atoms with E-state index >= 15 is 0 Å². The average molecular weight is 1130 g/mol. The van der Waals surface area contributed by atoms with E-state index in [1.807, 2.05) is 21.1 Å². The SMILES string of the molecule is CC/C=C\C/C=C\C/C=C\C/C=C\C/C=C\C/C=C\C/C=C\C/C=C\CCCCCCCCCCCCC(=O)OC(COC(=O)CCCCCCCC/C=C\C/C=C\C/C=C\CCCCCCC)COC(OCC[N+](C)(C)C)C(=O)O. The van der Waals surface area contributed by atoms with Gasteiger partial charge >= 0.3 is 17.9 Å². The first kappa shape index (κ1) is 76.4. The largest absolute Gasteiger partial charge is 0.477 e. The van der Waals surface area contributed by atoms with Crippen LogP contribution in [-0.2, 0) is 33.3 Å². The third kappa shape index (κ3) is 62.9. The first-order valence-corrected chi connectivity index (χ1v) is 32.3. The second-order valence-corrected chi connectivity index (χ2v) is 22.3. The maximum atomic E-state index is 12.9. The minimum atomic E-state index is -1.52. The summed E-state index contributed by atoms with van der Waals surface area (Å²) in [6, 6.07) is 0. The monoisotopic (exact) mass is 1130 g/mol. The third-order valence-corrected chi connectivity index (χ3v) is 13.4. The number of allylic oxidation sites excluding steroid dienone is 22. The Labute approximate surface area is 497 Å². The lowest BCUT2D eigenvalue weighted by atomic mass is 10.0. The fraction of sp³-hybridized carbons (Fsp3) is 0.653. The summed E-state index contributed by atoms with van der Waals surface area (Å²) in [6.45, 7) is 4.72. The number of esters is 2. The van der Waals surface area contributed by atoms with Crippen molar-refractivity contribution in [1.29, 1.82) is 0 Å². The number of carboxylic acid groups (broad SMARTS) is 1. The molecule has 460 valence electrons. The average Bonchev–Trinajstić information content (AvgIpc) is 3.44. The lowest BCUT2D eigenvalue weighted by Crippen LogP contribution is -2.40. The molecule has 2 unspecified atom stereocenters. The van der Waals surface area contributed by atoms with E-state index < -0.39 is 24.3 Å². The Bertz CT molecular complexity index is 1790. The van der Waals surface area contributed by atoms with Gasteiger partial charge in [0.2, 0.25) is 0 Å². The van der Waals surface area contributed by atoms with E-state index in [1.54, 1.807) is 0 Å². The Morgan fingerprint density at radius 3 is 1.05 bits per heavy atom. The predicted octanol–water partition coefficient (Wildman–Crippen LogP) is 19.8. The number of rotatable bonds is 58. The Morgan fingerprint density at radius 1 is 0.383 bits per heavy atom. The van der Waals surface area contributed by atoms with E-state index in [0.717, 1.165) is 122 Å². The second-order valence-electron chi connectivity index (χ2n) is 22.3. The number of carbonyl (C=O) groups is 3. The number of carboxylic acids is 1. The molecule has 0 saturated heterocycles. The van der Waals surface area contributed by atoms with Gasteiger partial charge in [-0.1, -0.05) is 250 Å². The molecule has 1 N–H and O–H groups in total. The molecule has 9 nitrogen and oxygen atoms in total. The fourth-order valence-corrected chi connectivity index (χ4v) is 8.45. The zero-order valence-corrected chi connectivity index (χ0v) is 52.4. The minimum absolute atomic E-state index is 0.178. The number of nitrogens with zero attached hydrogens (tertiary/aromatic N) is 1. The number of likely N-dealkylation sites (N-methyl/N-ethyl adjacent to an activating group) is 1. The van der Waals surface area contributed by atoms with Crippen molar-refractivity contribution in [2.75, 3.05) is 47.5 Å². The molecule has 0 spiro atoms. The second kappa shape index (κ2) is 61.5. The Balaban J connectivity index is 4.23. The molecule has 0 saturated carbocycles. The van der Waals surface area contributed by atoms with Crippen LogP contribution in [0, 0.1) is 0 Å². The number of carbonyl (C=O) groups excluding carboxylic acids is 2. The number of unbranched alkanes of at least 4 members (excludes halogenated alkanes) is 21. The zero-order chi connectivity index (χ0) is 59.1. The fourth-order valence-electron chi connectivity index (χ4n) is 8.45. The minimum Gasteiger partial charge on any atom is -0.477 e. The van der Waals surface area contributed by atoms with Gasteiger partial charge in [-0.15, -0.1) is 0 Å². The van der Waals surface area contributed by atoms with Crippen LogP contribution in [0.4, 0.5) is 0 Å². The van der Waals surface area contributed by atoms with E-state index in [9.17, 15) is 19.5 Å². The van der Waals surface area contributed by atoms with Gasteiger partial charge in [0.05, 0.1) is 34.4 Å². The zero-order valence-electron chi connectivity index (χ0n) is 52.4. The highest BCUT2D eigenvalue weighted by molar-refractivity contribution is 5.71. The first-order chi connectivity index (χ1) is 39.6. The number of hydrogen-bond donors (Lipinski definition) is 1. The van der Waals surface area contributed by atoms with E-state index in [4.69, 9.17) is 18.9 Å². The molecular weight excluding hydrogens is 1010 g/mol. The van der Waals surface area contributed by atoms with E-state index in [0.29, 0.717) is 17.4 Å². The lowest BCUT2D eigenvalue weighted by molar-refractivity contribution is -0.870. The summed E-state index contributed by atoms with van der Waals surface area (Å²) < 4.78 is 22.9. The summed E-state index contributed by atoms with van der Waals surface area (Å²) in [6.07, 6.45) is 85.4. The van der Waals surface area contributed by atoms with Crippen LogP contribution >= 0.6 is 0 Å². The van der Waals surface area contributed by atoms with Crippen molar-refractivity contribution < 1.29 is 42.9 Å². The highest BCUT2D eigenvalue weighted by Crippen LogP contribution is 2.15. The van der Waals surface area contributed by atoms with Crippen LogP contribution < -0.4 is 0 Å². The summed E-state index contributed by atoms with van der Waals surface area (Å²) in [5.41, 5.74) is 0. The molecular formula is C72H120NO8+. The van der Waals surface area contributed by atoms with Gasteiger partial charge in [-0.2, -0.15) is 0 Å². The molecule has 0 amide bonds. The summed E-state index contributed by atoms with van der Waals surface area (Å²) in [4.78, 5) is 37.5. The van der Waals surface area contributed by atoms with Gasteiger partial charge in [0.1, 0.15) is 13.2 Å². The van der Waals surface area contributed by atoms with Crippen molar-refractivity contribution in [3.8, 4) is 0 Å². The smallest absolute Gasteiger partial charge is 0.361 e. The Morgan fingerprint density at radius 2 is 0.704 bits per heavy atom. The molecule has 0 bridgehead atoms. The summed E-state index contributed by atoms with van der Waals surface area (Å²) >= 11 is 0. The standard InChI is InChI=1S/C72H119NO8/c1-6-8-10-12-14-16-18-20-22-24-26-28-29-30-31-32-33-34-35-36-37-38-39-40-41-43-45-47-49-51-53-55-57-59-61-63-70(75)81-68(67-80-72(71(76)77)78-65-64-73(3,4)5)66-79-69(74)62-60-58-56-54-52-50-48-46-44-42-27-25-23-21-19-17-15-13-11-9-7-2/h8,10,14,16,19-22,25-28,30-31,33-34,36-37,39-40,44,46,68,72H,6-7,9,11-13,15,17-18,23-24,29,32,35,38,41-43,45,47-67H2,1-5H3/p+1/b10-8-,16-14-,21-19-,22-20-,27-25-,28-26-,31-30-,34-33-,37-36-,40-39-,46-44-. The summed E-state index contributed by atoms with van der Waals surface area (Å²) in [7, 11) is 5.96. The molecule has 9 heteroatoms. The molecule has 0 radical (unpaired) electrons. The van der Waals surface area contributed by atoms with Crippen molar-refractivity contribution in [1.82, 2.24) is 0 Å². The van der Waals surface area contributed by atoms with E-state index in [1.165, 1.54) is 89.9 Å². The van der Waals surface area contributed by atoms with Crippen molar-refractivity contribution in [2.45, 2.75) is 257 Å². The van der Waals surface area contributed by atoms with Gasteiger partial charge in [0, 0.05) is 12.8 Å². The third-order valence-electron chi connectivity index (χ3n) is 13.4.